The number of rotatable bonds is 6. The van der Waals surface area contributed by atoms with Gasteiger partial charge in [0.25, 0.3) is 0 Å². The Balaban J connectivity index is 2.83. The Morgan fingerprint density at radius 1 is 1.29 bits per heavy atom. The number of hydrogen-bond donors (Lipinski definition) is 3. The second kappa shape index (κ2) is 7.56. The summed E-state index contributed by atoms with van der Waals surface area (Å²) in [5, 5.41) is 28.7. The smallest absolute Gasteiger partial charge is 0.326 e. The van der Waals surface area contributed by atoms with E-state index in [1.54, 1.807) is 13.8 Å². The highest BCUT2D eigenvalue weighted by Crippen LogP contribution is 2.30. The van der Waals surface area contributed by atoms with Crippen LogP contribution in [0.5, 0.6) is 0 Å². The number of carbonyl (C=O) groups excluding carboxylic acids is 1. The number of nitrogens with zero attached hydrogens (tertiary/aromatic N) is 1. The fourth-order valence-electron chi connectivity index (χ4n) is 2.95. The van der Waals surface area contributed by atoms with E-state index in [-0.39, 0.29) is 18.4 Å². The normalized spacial score (nSPS) is 27.2. The second-order valence-corrected chi connectivity index (χ2v) is 5.95. The predicted octanol–water partition coefficient (Wildman–Crippen LogP) is 0.775. The SMILES string of the molecule is C=CC(=O)N(C(C)C)C(CC1CCC(O)C(O)C1)C(=O)O. The first-order valence-corrected chi connectivity index (χ1v) is 7.31. The first-order chi connectivity index (χ1) is 9.77. The van der Waals surface area contributed by atoms with E-state index in [4.69, 9.17) is 0 Å². The molecule has 21 heavy (non-hydrogen) atoms. The number of hydrogen-bond acceptors (Lipinski definition) is 4. The van der Waals surface area contributed by atoms with Gasteiger partial charge in [0.05, 0.1) is 12.2 Å². The minimum atomic E-state index is -1.06. The van der Waals surface area contributed by atoms with Gasteiger partial charge in [0.2, 0.25) is 5.91 Å². The Morgan fingerprint density at radius 3 is 2.33 bits per heavy atom. The largest absolute Gasteiger partial charge is 0.480 e. The van der Waals surface area contributed by atoms with Crippen LogP contribution in [-0.4, -0.2) is 56.4 Å². The number of carboxylic acid groups (broad SMARTS) is 1. The maximum atomic E-state index is 11.9. The number of carboxylic acids is 1. The molecule has 1 aliphatic carbocycles. The quantitative estimate of drug-likeness (QED) is 0.629. The molecule has 0 heterocycles. The van der Waals surface area contributed by atoms with E-state index in [9.17, 15) is 24.9 Å². The lowest BCUT2D eigenvalue weighted by molar-refractivity contribution is -0.151. The van der Waals surface area contributed by atoms with Crippen molar-refractivity contribution in [2.24, 2.45) is 5.92 Å². The first-order valence-electron chi connectivity index (χ1n) is 7.31. The summed E-state index contributed by atoms with van der Waals surface area (Å²) in [6.45, 7) is 6.94. The van der Waals surface area contributed by atoms with Gasteiger partial charge in [0.1, 0.15) is 6.04 Å². The maximum absolute atomic E-state index is 11.9. The fourth-order valence-corrected chi connectivity index (χ4v) is 2.95. The summed E-state index contributed by atoms with van der Waals surface area (Å²) in [5.41, 5.74) is 0. The molecule has 0 spiro atoms. The highest BCUT2D eigenvalue weighted by Gasteiger charge is 2.35. The monoisotopic (exact) mass is 299 g/mol. The van der Waals surface area contributed by atoms with Crippen LogP contribution >= 0.6 is 0 Å². The van der Waals surface area contributed by atoms with E-state index in [1.165, 1.54) is 4.90 Å². The number of aliphatic hydroxyl groups excluding tert-OH is 2. The highest BCUT2D eigenvalue weighted by atomic mass is 16.4. The first kappa shape index (κ1) is 17.7. The molecule has 0 aliphatic heterocycles. The summed E-state index contributed by atoms with van der Waals surface area (Å²) in [6.07, 6.45) is 1.30. The molecular formula is C15H25NO5. The zero-order valence-corrected chi connectivity index (χ0v) is 12.6. The number of aliphatic hydroxyl groups is 2. The van der Waals surface area contributed by atoms with Crippen molar-refractivity contribution in [3.05, 3.63) is 12.7 Å². The van der Waals surface area contributed by atoms with Crippen LogP contribution in [0.2, 0.25) is 0 Å². The van der Waals surface area contributed by atoms with Gasteiger partial charge in [-0.15, -0.1) is 0 Å². The number of aliphatic carboxylic acids is 1. The van der Waals surface area contributed by atoms with Crippen LogP contribution in [-0.2, 0) is 9.59 Å². The molecule has 1 rings (SSSR count). The van der Waals surface area contributed by atoms with Gasteiger partial charge in [-0.1, -0.05) is 6.58 Å². The van der Waals surface area contributed by atoms with Crippen molar-refractivity contribution in [1.82, 2.24) is 4.90 Å². The van der Waals surface area contributed by atoms with Crippen LogP contribution in [0.4, 0.5) is 0 Å². The second-order valence-electron chi connectivity index (χ2n) is 5.95. The molecule has 0 aromatic rings. The van der Waals surface area contributed by atoms with Gasteiger partial charge >= 0.3 is 5.97 Å². The fraction of sp³-hybridized carbons (Fsp3) is 0.733. The van der Waals surface area contributed by atoms with Gasteiger partial charge in [-0.25, -0.2) is 4.79 Å². The molecule has 4 atom stereocenters. The maximum Gasteiger partial charge on any atom is 0.326 e. The molecule has 6 nitrogen and oxygen atoms in total. The average Bonchev–Trinajstić information content (AvgIpc) is 2.41. The van der Waals surface area contributed by atoms with Crippen molar-refractivity contribution >= 4 is 11.9 Å². The van der Waals surface area contributed by atoms with Crippen molar-refractivity contribution in [2.45, 2.75) is 63.8 Å². The number of carbonyl (C=O) groups is 2. The third-order valence-electron chi connectivity index (χ3n) is 4.05. The summed E-state index contributed by atoms with van der Waals surface area (Å²) in [7, 11) is 0. The van der Waals surface area contributed by atoms with E-state index < -0.39 is 30.1 Å². The van der Waals surface area contributed by atoms with Crippen LogP contribution in [0.1, 0.15) is 39.5 Å². The van der Waals surface area contributed by atoms with Crippen molar-refractivity contribution in [2.75, 3.05) is 0 Å². The number of amides is 1. The van der Waals surface area contributed by atoms with Crippen LogP contribution in [0, 0.1) is 5.92 Å². The Bertz CT molecular complexity index is 396. The van der Waals surface area contributed by atoms with Gasteiger partial charge in [-0.05, 0) is 51.5 Å². The summed E-state index contributed by atoms with van der Waals surface area (Å²) in [6, 6.07) is -1.20. The molecule has 4 unspecified atom stereocenters. The Morgan fingerprint density at radius 2 is 1.90 bits per heavy atom. The lowest BCUT2D eigenvalue weighted by Crippen LogP contribution is -2.49. The molecule has 0 aromatic carbocycles. The Labute approximate surface area is 125 Å². The topological polar surface area (TPSA) is 98.1 Å². The summed E-state index contributed by atoms with van der Waals surface area (Å²) >= 11 is 0. The molecule has 1 amide bonds. The van der Waals surface area contributed by atoms with E-state index in [0.29, 0.717) is 19.3 Å². The molecule has 6 heteroatoms. The zero-order valence-electron chi connectivity index (χ0n) is 12.6. The minimum Gasteiger partial charge on any atom is -0.480 e. The predicted molar refractivity (Wildman–Crippen MR) is 77.6 cm³/mol. The van der Waals surface area contributed by atoms with Gasteiger partial charge in [0, 0.05) is 6.04 Å². The molecule has 1 saturated carbocycles. The van der Waals surface area contributed by atoms with Crippen molar-refractivity contribution in [3.8, 4) is 0 Å². The molecule has 120 valence electrons. The minimum absolute atomic E-state index is 0.0247. The van der Waals surface area contributed by atoms with E-state index in [1.807, 2.05) is 0 Å². The summed E-state index contributed by atoms with van der Waals surface area (Å²) in [5.74, 6) is -1.49. The van der Waals surface area contributed by atoms with Crippen molar-refractivity contribution in [1.29, 1.82) is 0 Å². The van der Waals surface area contributed by atoms with Gasteiger partial charge in [0.15, 0.2) is 0 Å². The molecular weight excluding hydrogens is 274 g/mol. The molecule has 1 fully saturated rings. The Kier molecular flexibility index (Phi) is 6.36. The van der Waals surface area contributed by atoms with E-state index in [0.717, 1.165) is 6.08 Å². The van der Waals surface area contributed by atoms with Gasteiger partial charge < -0.3 is 20.2 Å². The standard InChI is InChI=1S/C15H25NO5/c1-4-14(19)16(9(2)3)11(15(20)21)7-10-5-6-12(17)13(18)8-10/h4,9-13,17-18H,1,5-8H2,2-3H3,(H,20,21). The highest BCUT2D eigenvalue weighted by molar-refractivity contribution is 5.91. The lowest BCUT2D eigenvalue weighted by Gasteiger charge is -2.36. The van der Waals surface area contributed by atoms with Crippen LogP contribution in [0.3, 0.4) is 0 Å². The third-order valence-corrected chi connectivity index (χ3v) is 4.05. The lowest BCUT2D eigenvalue weighted by atomic mass is 9.81. The summed E-state index contributed by atoms with van der Waals surface area (Å²) in [4.78, 5) is 24.8. The van der Waals surface area contributed by atoms with Crippen LogP contribution in [0.15, 0.2) is 12.7 Å². The average molecular weight is 299 g/mol. The van der Waals surface area contributed by atoms with Crippen molar-refractivity contribution < 1.29 is 24.9 Å². The van der Waals surface area contributed by atoms with Crippen molar-refractivity contribution in [3.63, 3.8) is 0 Å². The van der Waals surface area contributed by atoms with E-state index >= 15 is 0 Å². The van der Waals surface area contributed by atoms with Gasteiger partial charge in [-0.3, -0.25) is 4.79 Å². The molecule has 3 N–H and O–H groups in total. The third kappa shape index (κ3) is 4.54. The molecule has 0 saturated heterocycles. The molecule has 1 aliphatic rings. The Hall–Kier alpha value is -1.40. The molecule has 0 radical (unpaired) electrons. The summed E-state index contributed by atoms with van der Waals surface area (Å²) < 4.78 is 0. The van der Waals surface area contributed by atoms with E-state index in [2.05, 4.69) is 6.58 Å². The zero-order chi connectivity index (χ0) is 16.2. The molecule has 0 aromatic heterocycles. The van der Waals surface area contributed by atoms with Gasteiger partial charge in [-0.2, -0.15) is 0 Å². The van der Waals surface area contributed by atoms with Crippen LogP contribution in [0.25, 0.3) is 0 Å². The van der Waals surface area contributed by atoms with Crippen LogP contribution < -0.4 is 0 Å². The molecule has 0 bridgehead atoms.